The molecule has 0 aliphatic carbocycles. The van der Waals surface area contributed by atoms with Gasteiger partial charge < -0.3 is 42.8 Å². The SMILES string of the molecule is N=C(N)NCCC[C@H](NC(=O)[C@@H]1CCCN1C(=O)[C@H](N)CCC(CN)C(=O)Oc1ccccc1)C(=O)Nc1ccc([N+](=O)[O-])cc1. The van der Waals surface area contributed by atoms with Crippen molar-refractivity contribution in [1.29, 1.82) is 5.41 Å². The molecule has 3 rings (SSSR count). The molecule has 0 saturated carbocycles. The third kappa shape index (κ3) is 10.5. The van der Waals surface area contributed by atoms with E-state index in [4.69, 9.17) is 27.3 Å². The van der Waals surface area contributed by atoms with Crippen LogP contribution in [-0.4, -0.2) is 77.2 Å². The van der Waals surface area contributed by atoms with Crippen molar-refractivity contribution in [3.05, 3.63) is 64.7 Å². The molecule has 3 amide bonds. The minimum Gasteiger partial charge on any atom is -0.426 e. The Hall–Kier alpha value is -5.09. The van der Waals surface area contributed by atoms with E-state index in [0.717, 1.165) is 0 Å². The highest BCUT2D eigenvalue weighted by atomic mass is 16.6. The molecule has 2 aromatic carbocycles. The van der Waals surface area contributed by atoms with E-state index < -0.39 is 52.7 Å². The molecule has 0 radical (unpaired) electrons. The molecule has 248 valence electrons. The first-order valence-corrected chi connectivity index (χ1v) is 15.0. The second-order valence-corrected chi connectivity index (χ2v) is 10.9. The second-order valence-electron chi connectivity index (χ2n) is 10.9. The lowest BCUT2D eigenvalue weighted by Crippen LogP contribution is -2.54. The van der Waals surface area contributed by atoms with Crippen molar-refractivity contribution in [2.24, 2.45) is 23.1 Å². The summed E-state index contributed by atoms with van der Waals surface area (Å²) in [6.45, 7) is 0.577. The molecule has 16 nitrogen and oxygen atoms in total. The highest BCUT2D eigenvalue weighted by Crippen LogP contribution is 2.22. The Bertz CT molecular complexity index is 1370. The number of nitro groups is 1. The van der Waals surface area contributed by atoms with Crippen LogP contribution in [0.15, 0.2) is 54.6 Å². The third-order valence-electron chi connectivity index (χ3n) is 7.53. The minimum absolute atomic E-state index is 0.00653. The molecule has 0 bridgehead atoms. The van der Waals surface area contributed by atoms with Gasteiger partial charge in [0.1, 0.15) is 17.8 Å². The number of nitrogens with one attached hydrogen (secondary N) is 4. The first kappa shape index (κ1) is 35.4. The Morgan fingerprint density at radius 2 is 1.76 bits per heavy atom. The van der Waals surface area contributed by atoms with Gasteiger partial charge in [-0.1, -0.05) is 18.2 Å². The fourth-order valence-electron chi connectivity index (χ4n) is 5.00. The van der Waals surface area contributed by atoms with Crippen molar-refractivity contribution in [2.75, 3.05) is 25.0 Å². The number of guanidine groups is 1. The number of hydrogen-bond acceptors (Lipinski definition) is 10. The number of para-hydroxylation sites is 1. The van der Waals surface area contributed by atoms with E-state index in [1.165, 1.54) is 29.2 Å². The fourth-order valence-corrected chi connectivity index (χ4v) is 5.00. The number of nitrogens with zero attached hydrogens (tertiary/aromatic N) is 2. The largest absolute Gasteiger partial charge is 0.426 e. The number of non-ortho nitro benzene ring substituents is 1. The van der Waals surface area contributed by atoms with E-state index in [1.54, 1.807) is 30.3 Å². The summed E-state index contributed by atoms with van der Waals surface area (Å²) < 4.78 is 5.38. The van der Waals surface area contributed by atoms with Gasteiger partial charge in [-0.2, -0.15) is 0 Å². The topological polar surface area (TPSA) is 262 Å². The summed E-state index contributed by atoms with van der Waals surface area (Å²) in [6, 6.07) is 10.9. The van der Waals surface area contributed by atoms with Crippen LogP contribution in [0, 0.1) is 21.4 Å². The van der Waals surface area contributed by atoms with Crippen LogP contribution in [0.3, 0.4) is 0 Å². The zero-order valence-corrected chi connectivity index (χ0v) is 25.4. The summed E-state index contributed by atoms with van der Waals surface area (Å²) in [5.74, 6) is -2.61. The minimum atomic E-state index is -1.02. The third-order valence-corrected chi connectivity index (χ3v) is 7.53. The van der Waals surface area contributed by atoms with Gasteiger partial charge in [0.2, 0.25) is 17.7 Å². The summed E-state index contributed by atoms with van der Waals surface area (Å²) in [5.41, 5.74) is 17.5. The number of carbonyl (C=O) groups is 4. The number of nitrogens with two attached hydrogens (primary N) is 3. The van der Waals surface area contributed by atoms with E-state index in [2.05, 4.69) is 16.0 Å². The van der Waals surface area contributed by atoms with Crippen LogP contribution in [0.25, 0.3) is 0 Å². The van der Waals surface area contributed by atoms with Crippen molar-refractivity contribution in [1.82, 2.24) is 15.5 Å². The number of likely N-dealkylation sites (tertiary alicyclic amines) is 1. The predicted octanol–water partition coefficient (Wildman–Crippen LogP) is 0.560. The molecule has 0 spiro atoms. The molecule has 1 unspecified atom stereocenters. The van der Waals surface area contributed by atoms with Gasteiger partial charge in [-0.15, -0.1) is 0 Å². The van der Waals surface area contributed by atoms with E-state index in [0.29, 0.717) is 37.2 Å². The number of ether oxygens (including phenoxy) is 1. The number of benzene rings is 2. The zero-order chi connectivity index (χ0) is 33.6. The average molecular weight is 640 g/mol. The van der Waals surface area contributed by atoms with Crippen LogP contribution in [0.2, 0.25) is 0 Å². The number of carbonyl (C=O) groups excluding carboxylic acids is 4. The molecular weight excluding hydrogens is 598 g/mol. The van der Waals surface area contributed by atoms with Crippen molar-refractivity contribution in [2.45, 2.75) is 56.7 Å². The summed E-state index contributed by atoms with van der Waals surface area (Å²) in [6.07, 6.45) is 1.79. The zero-order valence-electron chi connectivity index (χ0n) is 25.4. The number of rotatable bonds is 16. The molecule has 1 fully saturated rings. The van der Waals surface area contributed by atoms with Gasteiger partial charge in [0, 0.05) is 37.5 Å². The van der Waals surface area contributed by atoms with Crippen LogP contribution in [-0.2, 0) is 19.2 Å². The number of amides is 3. The van der Waals surface area contributed by atoms with Crippen LogP contribution in [0.1, 0.15) is 38.5 Å². The molecule has 1 saturated heterocycles. The lowest BCUT2D eigenvalue weighted by Gasteiger charge is -2.28. The van der Waals surface area contributed by atoms with Crippen LogP contribution >= 0.6 is 0 Å². The summed E-state index contributed by atoms with van der Waals surface area (Å²) in [5, 5.41) is 26.3. The van der Waals surface area contributed by atoms with Crippen molar-refractivity contribution in [3.63, 3.8) is 0 Å². The Balaban J connectivity index is 1.61. The standard InChI is InChI=1S/C30H41N9O7/c31-18-19(29(43)46-22-6-2-1-3-7-22)10-15-23(32)28(42)38-17-5-9-25(38)27(41)37-24(8-4-16-35-30(33)34)26(40)36-20-11-13-21(14-12-20)39(44)45/h1-3,6-7,11-14,19,23-25H,4-5,8-10,15-18,31-32H2,(H,36,40)(H,37,41)(H4,33,34,35)/t19?,23-,24+,25+/m1/s1. The van der Waals surface area contributed by atoms with Gasteiger partial charge in [-0.05, 0) is 62.8 Å². The molecule has 46 heavy (non-hydrogen) atoms. The highest BCUT2D eigenvalue weighted by molar-refractivity contribution is 5.98. The Kier molecular flexibility index (Phi) is 13.4. The van der Waals surface area contributed by atoms with E-state index in [9.17, 15) is 29.3 Å². The normalized spacial score (nSPS) is 16.0. The van der Waals surface area contributed by atoms with Gasteiger partial charge >= 0.3 is 5.97 Å². The van der Waals surface area contributed by atoms with Gasteiger partial charge in [-0.25, -0.2) is 0 Å². The van der Waals surface area contributed by atoms with E-state index in [1.807, 2.05) is 0 Å². The van der Waals surface area contributed by atoms with Crippen molar-refractivity contribution >= 4 is 41.0 Å². The van der Waals surface area contributed by atoms with Crippen LogP contribution < -0.4 is 37.9 Å². The molecular formula is C30H41N9O7. The van der Waals surface area contributed by atoms with Gasteiger partial charge in [0.05, 0.1) is 16.9 Å². The molecule has 2 aromatic rings. The van der Waals surface area contributed by atoms with Crippen LogP contribution in [0.4, 0.5) is 11.4 Å². The predicted molar refractivity (Wildman–Crippen MR) is 169 cm³/mol. The second kappa shape index (κ2) is 17.4. The maximum absolute atomic E-state index is 13.4. The molecule has 4 atom stereocenters. The van der Waals surface area contributed by atoms with Gasteiger partial charge in [0.15, 0.2) is 5.96 Å². The maximum atomic E-state index is 13.4. The number of anilines is 1. The lowest BCUT2D eigenvalue weighted by molar-refractivity contribution is -0.384. The highest BCUT2D eigenvalue weighted by Gasteiger charge is 2.38. The summed E-state index contributed by atoms with van der Waals surface area (Å²) in [7, 11) is 0. The van der Waals surface area contributed by atoms with Gasteiger partial charge in [-0.3, -0.25) is 34.7 Å². The first-order valence-electron chi connectivity index (χ1n) is 15.0. The molecule has 0 aromatic heterocycles. The van der Waals surface area contributed by atoms with E-state index >= 15 is 0 Å². The quantitative estimate of drug-likeness (QED) is 0.0254. The monoisotopic (exact) mass is 639 g/mol. The molecule has 10 N–H and O–H groups in total. The average Bonchev–Trinajstić information content (AvgIpc) is 3.53. The molecule has 1 aliphatic heterocycles. The van der Waals surface area contributed by atoms with Crippen molar-refractivity contribution < 1.29 is 28.8 Å². The fraction of sp³-hybridized carbons (Fsp3) is 0.433. The Morgan fingerprint density at radius 3 is 2.39 bits per heavy atom. The van der Waals surface area contributed by atoms with E-state index in [-0.39, 0.29) is 44.0 Å². The summed E-state index contributed by atoms with van der Waals surface area (Å²) in [4.78, 5) is 64.3. The molecule has 1 aliphatic rings. The molecule has 1 heterocycles. The number of esters is 1. The first-order chi connectivity index (χ1) is 22.0. The number of hydrogen-bond donors (Lipinski definition) is 7. The number of nitro benzene ring substituents is 1. The Morgan fingerprint density at radius 1 is 1.07 bits per heavy atom. The smallest absolute Gasteiger partial charge is 0.315 e. The molecule has 16 heteroatoms. The lowest BCUT2D eigenvalue weighted by atomic mass is 9.99. The maximum Gasteiger partial charge on any atom is 0.315 e. The Labute approximate surface area is 266 Å². The van der Waals surface area contributed by atoms with Gasteiger partial charge in [0.25, 0.3) is 5.69 Å². The van der Waals surface area contributed by atoms with Crippen LogP contribution in [0.5, 0.6) is 5.75 Å². The summed E-state index contributed by atoms with van der Waals surface area (Å²) >= 11 is 0. The van der Waals surface area contributed by atoms with Crippen molar-refractivity contribution in [3.8, 4) is 5.75 Å².